The molecule has 1 saturated carbocycles. The van der Waals surface area contributed by atoms with Crippen LogP contribution in [0.2, 0.25) is 0 Å². The third-order valence-electron chi connectivity index (χ3n) is 5.54. The molecule has 140 valence electrons. The van der Waals surface area contributed by atoms with E-state index in [1.165, 1.54) is 18.5 Å². The maximum Gasteiger partial charge on any atom is 0.135 e. The van der Waals surface area contributed by atoms with Gasteiger partial charge in [-0.15, -0.1) is 0 Å². The van der Waals surface area contributed by atoms with Gasteiger partial charge in [0.25, 0.3) is 0 Å². The van der Waals surface area contributed by atoms with Crippen LogP contribution in [0.4, 0.5) is 11.6 Å². The van der Waals surface area contributed by atoms with E-state index < -0.39 is 0 Å². The fourth-order valence-corrected chi connectivity index (χ4v) is 3.71. The molecule has 1 saturated heterocycles. The van der Waals surface area contributed by atoms with Crippen molar-refractivity contribution in [2.45, 2.75) is 46.1 Å². The summed E-state index contributed by atoms with van der Waals surface area (Å²) in [5.41, 5.74) is 1.61. The van der Waals surface area contributed by atoms with E-state index in [0.717, 1.165) is 42.8 Å². The highest BCUT2D eigenvalue weighted by molar-refractivity contribution is 5.96. The van der Waals surface area contributed by atoms with Gasteiger partial charge in [-0.25, -0.2) is 9.97 Å². The number of rotatable bonds is 4. The summed E-state index contributed by atoms with van der Waals surface area (Å²) in [5, 5.41) is 6.62. The van der Waals surface area contributed by atoms with Crippen molar-refractivity contribution >= 4 is 17.5 Å². The van der Waals surface area contributed by atoms with Crippen LogP contribution in [0.5, 0.6) is 0 Å². The van der Waals surface area contributed by atoms with E-state index in [-0.39, 0.29) is 1.43 Å². The average Bonchev–Trinajstić information content (AvgIpc) is 3.34. The Bertz CT molecular complexity index is 775. The molecule has 1 aromatic heterocycles. The number of aromatic nitrogens is 2. The lowest BCUT2D eigenvalue weighted by atomic mass is 9.83. The number of aliphatic imine (C=N–C) groups is 1. The maximum atomic E-state index is 4.68. The van der Waals surface area contributed by atoms with Crippen LogP contribution >= 0.6 is 0 Å². The summed E-state index contributed by atoms with van der Waals surface area (Å²) < 4.78 is 0. The second-order valence-corrected chi connectivity index (χ2v) is 8.31. The van der Waals surface area contributed by atoms with E-state index in [1.807, 2.05) is 6.92 Å². The summed E-state index contributed by atoms with van der Waals surface area (Å²) in [6.07, 6.45) is 7.22. The van der Waals surface area contributed by atoms with E-state index in [1.54, 1.807) is 6.20 Å². The summed E-state index contributed by atoms with van der Waals surface area (Å²) >= 11 is 0. The third kappa shape index (κ3) is 3.59. The molecule has 2 aliphatic heterocycles. The molecule has 1 aromatic rings. The fourth-order valence-electron chi connectivity index (χ4n) is 3.71. The zero-order chi connectivity index (χ0) is 18.3. The van der Waals surface area contributed by atoms with Gasteiger partial charge in [-0.05, 0) is 37.8 Å². The normalized spacial score (nSPS) is 26.3. The molecule has 0 amide bonds. The molecule has 26 heavy (non-hydrogen) atoms. The first kappa shape index (κ1) is 17.1. The monoisotopic (exact) mass is 354 g/mol. The molecule has 3 aliphatic rings. The SMILES string of the molecule is C=CNC1=NC2CC2C(Nc2cc(N3CCC(C)(C)CC3)nc(C)n2)=C1.[HH]. The number of dihydropyridines is 1. The standard InChI is InChI=1S/C20H28N6.H2/c1-5-21-17-11-16(14-10-15(14)24-17)25-18-12-19(23-13(2)22-18)26-8-6-20(3,4)7-9-26;/h5,11-12,14-15H,1,6-10H2,2-4H3,(H,21,24)(H,22,23,25);1H. The average molecular weight is 355 g/mol. The minimum absolute atomic E-state index is 0. The van der Waals surface area contributed by atoms with Gasteiger partial charge in [0.15, 0.2) is 0 Å². The lowest BCUT2D eigenvalue weighted by molar-refractivity contribution is 0.279. The highest BCUT2D eigenvalue weighted by atomic mass is 15.2. The number of nitrogens with zero attached hydrogens (tertiary/aromatic N) is 4. The number of hydrogen-bond donors (Lipinski definition) is 2. The Morgan fingerprint density at radius 1 is 1.31 bits per heavy atom. The molecule has 2 fully saturated rings. The Hall–Kier alpha value is -2.37. The number of anilines is 2. The number of fused-ring (bicyclic) bond motifs is 1. The van der Waals surface area contributed by atoms with Gasteiger partial charge < -0.3 is 15.5 Å². The lowest BCUT2D eigenvalue weighted by Gasteiger charge is -2.37. The van der Waals surface area contributed by atoms with Crippen molar-refractivity contribution in [3.63, 3.8) is 0 Å². The van der Waals surface area contributed by atoms with E-state index in [4.69, 9.17) is 0 Å². The molecule has 2 unspecified atom stereocenters. The first-order valence-corrected chi connectivity index (χ1v) is 9.48. The van der Waals surface area contributed by atoms with Crippen molar-refractivity contribution in [3.8, 4) is 0 Å². The molecular formula is C20H30N6. The smallest absolute Gasteiger partial charge is 0.135 e. The highest BCUT2D eigenvalue weighted by Crippen LogP contribution is 2.42. The van der Waals surface area contributed by atoms with Gasteiger partial charge in [-0.3, -0.25) is 4.99 Å². The van der Waals surface area contributed by atoms with E-state index >= 15 is 0 Å². The zero-order valence-corrected chi connectivity index (χ0v) is 15.9. The molecule has 2 atom stereocenters. The van der Waals surface area contributed by atoms with Crippen LogP contribution in [0.25, 0.3) is 0 Å². The van der Waals surface area contributed by atoms with Crippen molar-refractivity contribution < 1.29 is 1.43 Å². The lowest BCUT2D eigenvalue weighted by Crippen LogP contribution is -2.37. The number of nitrogens with one attached hydrogen (secondary N) is 2. The predicted molar refractivity (Wildman–Crippen MR) is 108 cm³/mol. The third-order valence-corrected chi connectivity index (χ3v) is 5.54. The predicted octanol–water partition coefficient (Wildman–Crippen LogP) is 3.49. The second kappa shape index (κ2) is 6.41. The fraction of sp³-hybridized carbons (Fsp3) is 0.550. The topological polar surface area (TPSA) is 65.4 Å². The summed E-state index contributed by atoms with van der Waals surface area (Å²) in [6, 6.07) is 2.47. The van der Waals surface area contributed by atoms with E-state index in [0.29, 0.717) is 17.4 Å². The van der Waals surface area contributed by atoms with Crippen LogP contribution in [0, 0.1) is 18.3 Å². The largest absolute Gasteiger partial charge is 0.356 e. The second-order valence-electron chi connectivity index (χ2n) is 8.31. The van der Waals surface area contributed by atoms with Crippen LogP contribution in [0.15, 0.2) is 35.6 Å². The van der Waals surface area contributed by atoms with Crippen LogP contribution in [0.3, 0.4) is 0 Å². The highest BCUT2D eigenvalue weighted by Gasteiger charge is 2.43. The minimum atomic E-state index is 0. The summed E-state index contributed by atoms with van der Waals surface area (Å²) in [6.45, 7) is 12.5. The van der Waals surface area contributed by atoms with Crippen molar-refractivity contribution in [2.24, 2.45) is 16.3 Å². The molecule has 4 rings (SSSR count). The van der Waals surface area contributed by atoms with Crippen LogP contribution in [-0.4, -0.2) is 34.9 Å². The zero-order valence-electron chi connectivity index (χ0n) is 15.9. The van der Waals surface area contributed by atoms with Crippen molar-refractivity contribution in [1.29, 1.82) is 0 Å². The number of aryl methyl sites for hydroxylation is 1. The Morgan fingerprint density at radius 2 is 2.08 bits per heavy atom. The molecule has 1 aliphatic carbocycles. The Balaban J connectivity index is 0.00000210. The Kier molecular flexibility index (Phi) is 4.21. The molecule has 2 N–H and O–H groups in total. The summed E-state index contributed by atoms with van der Waals surface area (Å²) in [7, 11) is 0. The molecule has 0 spiro atoms. The quantitative estimate of drug-likeness (QED) is 0.866. The summed E-state index contributed by atoms with van der Waals surface area (Å²) in [4.78, 5) is 16.3. The van der Waals surface area contributed by atoms with Gasteiger partial charge in [0, 0.05) is 38.3 Å². The van der Waals surface area contributed by atoms with E-state index in [2.05, 4.69) is 63.1 Å². The molecule has 0 aromatic carbocycles. The molecule has 0 radical (unpaired) electrons. The number of piperidine rings is 1. The summed E-state index contributed by atoms with van der Waals surface area (Å²) in [5.74, 6) is 4.05. The van der Waals surface area contributed by atoms with Gasteiger partial charge in [0.2, 0.25) is 0 Å². The van der Waals surface area contributed by atoms with Crippen molar-refractivity contribution in [2.75, 3.05) is 23.3 Å². The molecule has 6 heteroatoms. The number of hydrogen-bond acceptors (Lipinski definition) is 6. The van der Waals surface area contributed by atoms with Gasteiger partial charge in [-0.2, -0.15) is 0 Å². The van der Waals surface area contributed by atoms with Crippen molar-refractivity contribution in [1.82, 2.24) is 15.3 Å². The van der Waals surface area contributed by atoms with Gasteiger partial charge >= 0.3 is 0 Å². The van der Waals surface area contributed by atoms with E-state index in [9.17, 15) is 0 Å². The molecule has 3 heterocycles. The van der Waals surface area contributed by atoms with Crippen LogP contribution < -0.4 is 15.5 Å². The van der Waals surface area contributed by atoms with Gasteiger partial charge in [-0.1, -0.05) is 20.4 Å². The first-order valence-electron chi connectivity index (χ1n) is 9.48. The van der Waals surface area contributed by atoms with Crippen molar-refractivity contribution in [3.05, 3.63) is 36.4 Å². The van der Waals surface area contributed by atoms with Gasteiger partial charge in [0.05, 0.1) is 6.04 Å². The minimum Gasteiger partial charge on any atom is -0.356 e. The number of amidine groups is 1. The van der Waals surface area contributed by atoms with Crippen LogP contribution in [-0.2, 0) is 0 Å². The molecule has 6 nitrogen and oxygen atoms in total. The molecular weight excluding hydrogens is 324 g/mol. The Morgan fingerprint density at radius 3 is 2.81 bits per heavy atom. The Labute approximate surface area is 157 Å². The molecule has 0 bridgehead atoms. The van der Waals surface area contributed by atoms with Crippen LogP contribution in [0.1, 0.15) is 40.4 Å². The first-order chi connectivity index (χ1) is 12.4. The van der Waals surface area contributed by atoms with Gasteiger partial charge in [0.1, 0.15) is 23.3 Å². The maximum absolute atomic E-state index is 4.68.